The Morgan fingerprint density at radius 2 is 2.07 bits per heavy atom. The van der Waals surface area contributed by atoms with Crippen molar-refractivity contribution in [3.8, 4) is 11.5 Å². The first-order chi connectivity index (χ1) is 13.0. The van der Waals surface area contributed by atoms with Crippen LogP contribution in [0.25, 0.3) is 11.5 Å². The molecule has 1 fully saturated rings. The predicted molar refractivity (Wildman–Crippen MR) is 97.4 cm³/mol. The minimum absolute atomic E-state index is 0.0815. The number of oxazole rings is 1. The molecule has 0 saturated carbocycles. The normalized spacial score (nSPS) is 17.9. The first-order valence-corrected chi connectivity index (χ1v) is 9.31. The van der Waals surface area contributed by atoms with Gasteiger partial charge in [0.05, 0.1) is 17.3 Å². The Balaban J connectivity index is 1.55. The minimum Gasteiger partial charge on any atom is -0.441 e. The van der Waals surface area contributed by atoms with Gasteiger partial charge in [0.2, 0.25) is 11.8 Å². The number of likely N-dealkylation sites (tertiary alicyclic amines) is 1. The maximum atomic E-state index is 14.0. The van der Waals surface area contributed by atoms with Crippen LogP contribution in [-0.2, 0) is 6.54 Å². The van der Waals surface area contributed by atoms with E-state index in [-0.39, 0.29) is 17.8 Å². The van der Waals surface area contributed by atoms with Crippen LogP contribution in [0, 0.1) is 12.7 Å². The first kappa shape index (κ1) is 17.9. The van der Waals surface area contributed by atoms with Crippen molar-refractivity contribution in [2.24, 2.45) is 0 Å². The van der Waals surface area contributed by atoms with E-state index in [9.17, 15) is 4.39 Å². The number of halogens is 1. The van der Waals surface area contributed by atoms with Gasteiger partial charge in [0.15, 0.2) is 5.82 Å². The van der Waals surface area contributed by atoms with Crippen LogP contribution < -0.4 is 0 Å². The van der Waals surface area contributed by atoms with E-state index in [1.807, 2.05) is 20.8 Å². The summed E-state index contributed by atoms with van der Waals surface area (Å²) in [4.78, 5) is 11.4. The number of aromatic nitrogens is 3. The molecule has 7 heteroatoms. The molecular formula is C20H23FN4O2. The first-order valence-electron chi connectivity index (χ1n) is 9.31. The summed E-state index contributed by atoms with van der Waals surface area (Å²) in [6.07, 6.45) is 2.03. The number of nitrogens with zero attached hydrogens (tertiary/aromatic N) is 4. The molecule has 142 valence electrons. The molecule has 1 saturated heterocycles. The van der Waals surface area contributed by atoms with Crippen molar-refractivity contribution in [1.29, 1.82) is 0 Å². The molecule has 3 heterocycles. The van der Waals surface area contributed by atoms with Crippen molar-refractivity contribution < 1.29 is 13.3 Å². The van der Waals surface area contributed by atoms with Crippen molar-refractivity contribution in [1.82, 2.24) is 20.0 Å². The van der Waals surface area contributed by atoms with Crippen molar-refractivity contribution in [3.63, 3.8) is 0 Å². The zero-order valence-electron chi connectivity index (χ0n) is 15.8. The molecule has 2 aromatic heterocycles. The van der Waals surface area contributed by atoms with Crippen LogP contribution in [0.5, 0.6) is 0 Å². The van der Waals surface area contributed by atoms with Crippen LogP contribution in [-0.4, -0.2) is 26.6 Å². The zero-order valence-corrected chi connectivity index (χ0v) is 15.8. The molecule has 0 radical (unpaired) electrons. The highest BCUT2D eigenvalue weighted by molar-refractivity contribution is 5.54. The minimum atomic E-state index is -0.337. The number of aryl methyl sites for hydroxylation is 1. The van der Waals surface area contributed by atoms with Crippen LogP contribution >= 0.6 is 0 Å². The van der Waals surface area contributed by atoms with Crippen molar-refractivity contribution in [2.45, 2.75) is 52.1 Å². The summed E-state index contributed by atoms with van der Waals surface area (Å²) >= 11 is 0. The van der Waals surface area contributed by atoms with E-state index in [4.69, 9.17) is 8.94 Å². The smallest absolute Gasteiger partial charge is 0.244 e. The largest absolute Gasteiger partial charge is 0.441 e. The standard InChI is InChI=1S/C20H23FN4O2/c1-12(2)18-23-20(27-24-18)17-9-6-10-25(17)11-16-13(3)26-19(22-16)14-7-4-5-8-15(14)21/h4-5,7-8,12,17H,6,9-11H2,1-3H3/t17-/m1/s1. The summed E-state index contributed by atoms with van der Waals surface area (Å²) in [6, 6.07) is 6.59. The Labute approximate surface area is 157 Å². The molecule has 0 amide bonds. The maximum Gasteiger partial charge on any atom is 0.244 e. The van der Waals surface area contributed by atoms with E-state index >= 15 is 0 Å². The van der Waals surface area contributed by atoms with Gasteiger partial charge in [-0.15, -0.1) is 0 Å². The topological polar surface area (TPSA) is 68.2 Å². The summed E-state index contributed by atoms with van der Waals surface area (Å²) in [7, 11) is 0. The van der Waals surface area contributed by atoms with Crippen LogP contribution in [0.15, 0.2) is 33.2 Å². The lowest BCUT2D eigenvalue weighted by Gasteiger charge is -2.20. The maximum absolute atomic E-state index is 14.0. The fourth-order valence-corrected chi connectivity index (χ4v) is 3.43. The molecule has 0 aliphatic carbocycles. The molecule has 0 bridgehead atoms. The van der Waals surface area contributed by atoms with Gasteiger partial charge in [-0.25, -0.2) is 9.37 Å². The lowest BCUT2D eigenvalue weighted by Crippen LogP contribution is -2.23. The highest BCUT2D eigenvalue weighted by Gasteiger charge is 2.32. The summed E-state index contributed by atoms with van der Waals surface area (Å²) in [5, 5.41) is 4.08. The number of hydrogen-bond acceptors (Lipinski definition) is 6. The Morgan fingerprint density at radius 3 is 2.81 bits per heavy atom. The van der Waals surface area contributed by atoms with Gasteiger partial charge in [-0.1, -0.05) is 31.1 Å². The molecule has 1 atom stereocenters. The van der Waals surface area contributed by atoms with E-state index in [0.717, 1.165) is 30.9 Å². The van der Waals surface area contributed by atoms with Gasteiger partial charge in [-0.05, 0) is 38.4 Å². The fraction of sp³-hybridized carbons (Fsp3) is 0.450. The predicted octanol–water partition coefficient (Wildman–Crippen LogP) is 4.63. The average molecular weight is 370 g/mol. The summed E-state index contributed by atoms with van der Waals surface area (Å²) in [5.41, 5.74) is 1.19. The Morgan fingerprint density at radius 1 is 1.26 bits per heavy atom. The lowest BCUT2D eigenvalue weighted by molar-refractivity contribution is 0.198. The summed E-state index contributed by atoms with van der Waals surface area (Å²) < 4.78 is 25.3. The second-order valence-corrected chi connectivity index (χ2v) is 7.28. The van der Waals surface area contributed by atoms with Crippen LogP contribution in [0.2, 0.25) is 0 Å². The zero-order chi connectivity index (χ0) is 19.0. The molecule has 0 unspecified atom stereocenters. The third kappa shape index (κ3) is 3.51. The van der Waals surface area contributed by atoms with Crippen molar-refractivity contribution >= 4 is 0 Å². The number of rotatable bonds is 5. The Hall–Kier alpha value is -2.54. The van der Waals surface area contributed by atoms with Crippen molar-refractivity contribution in [3.05, 3.63) is 53.3 Å². The molecule has 0 spiro atoms. The molecule has 1 aliphatic rings. The van der Waals surface area contributed by atoms with Crippen molar-refractivity contribution in [2.75, 3.05) is 6.54 Å². The summed E-state index contributed by atoms with van der Waals surface area (Å²) in [5.74, 6) is 2.31. The van der Waals surface area contributed by atoms with Gasteiger partial charge in [-0.2, -0.15) is 4.98 Å². The monoisotopic (exact) mass is 370 g/mol. The van der Waals surface area contributed by atoms with E-state index in [1.54, 1.807) is 18.2 Å². The van der Waals surface area contributed by atoms with E-state index in [2.05, 4.69) is 20.0 Å². The number of benzene rings is 1. The van der Waals surface area contributed by atoms with Gasteiger partial charge < -0.3 is 8.94 Å². The molecule has 6 nitrogen and oxygen atoms in total. The average Bonchev–Trinajstić information content (AvgIpc) is 3.36. The molecular weight excluding hydrogens is 347 g/mol. The van der Waals surface area contributed by atoms with E-state index < -0.39 is 0 Å². The molecule has 1 aliphatic heterocycles. The van der Waals surface area contributed by atoms with Crippen LogP contribution in [0.1, 0.15) is 61.8 Å². The highest BCUT2D eigenvalue weighted by Crippen LogP contribution is 2.34. The molecule has 27 heavy (non-hydrogen) atoms. The van der Waals surface area contributed by atoms with Crippen LogP contribution in [0.4, 0.5) is 4.39 Å². The SMILES string of the molecule is Cc1oc(-c2ccccc2F)nc1CN1CCC[C@@H]1c1nc(C(C)C)no1. The van der Waals surface area contributed by atoms with Gasteiger partial charge in [0.25, 0.3) is 0 Å². The fourth-order valence-electron chi connectivity index (χ4n) is 3.43. The third-order valence-electron chi connectivity index (χ3n) is 4.97. The second kappa shape index (κ2) is 7.23. The molecule has 1 aromatic carbocycles. The highest BCUT2D eigenvalue weighted by atomic mass is 19.1. The Bertz CT molecular complexity index is 934. The summed E-state index contributed by atoms with van der Waals surface area (Å²) in [6.45, 7) is 7.48. The van der Waals surface area contributed by atoms with Gasteiger partial charge in [0, 0.05) is 12.5 Å². The van der Waals surface area contributed by atoms with Gasteiger partial charge in [0.1, 0.15) is 11.6 Å². The van der Waals surface area contributed by atoms with E-state index in [1.165, 1.54) is 6.07 Å². The van der Waals surface area contributed by atoms with Crippen LogP contribution in [0.3, 0.4) is 0 Å². The van der Waals surface area contributed by atoms with Gasteiger partial charge in [-0.3, -0.25) is 4.90 Å². The lowest BCUT2D eigenvalue weighted by atomic mass is 10.2. The quantitative estimate of drug-likeness (QED) is 0.652. The molecule has 3 aromatic rings. The Kier molecular flexibility index (Phi) is 4.78. The second-order valence-electron chi connectivity index (χ2n) is 7.28. The third-order valence-corrected chi connectivity index (χ3v) is 4.97. The number of hydrogen-bond donors (Lipinski definition) is 0. The molecule has 4 rings (SSSR count). The molecule has 0 N–H and O–H groups in total. The van der Waals surface area contributed by atoms with Gasteiger partial charge >= 0.3 is 0 Å². The van der Waals surface area contributed by atoms with E-state index in [0.29, 0.717) is 29.6 Å².